The number of ether oxygens (including phenoxy) is 3. The largest absolute Gasteiger partial charge is 0.493 e. The number of fused-ring (bicyclic) bond motifs is 1. The van der Waals surface area contributed by atoms with E-state index in [0.717, 1.165) is 41.8 Å². The van der Waals surface area contributed by atoms with Gasteiger partial charge in [0.05, 0.1) is 34.1 Å². The zero-order chi connectivity index (χ0) is 24.2. The van der Waals surface area contributed by atoms with Gasteiger partial charge in [-0.15, -0.1) is 0 Å². The fourth-order valence-corrected chi connectivity index (χ4v) is 4.52. The van der Waals surface area contributed by atoms with Gasteiger partial charge in [0, 0.05) is 37.9 Å². The van der Waals surface area contributed by atoms with Crippen molar-refractivity contribution < 1.29 is 23.4 Å². The molecule has 2 heterocycles. The first-order valence-corrected chi connectivity index (χ1v) is 11.3. The minimum atomic E-state index is -0.0986. The lowest BCUT2D eigenvalue weighted by molar-refractivity contribution is 0.0767. The molecule has 34 heavy (non-hydrogen) atoms. The number of nitrogens with one attached hydrogen (secondary N) is 1. The molecule has 4 rings (SSSR count). The first kappa shape index (κ1) is 23.7. The van der Waals surface area contributed by atoms with Crippen molar-refractivity contribution in [2.75, 3.05) is 28.4 Å². The third-order valence-corrected chi connectivity index (χ3v) is 6.30. The number of aryl methyl sites for hydroxylation is 1. The molecule has 182 valence electrons. The summed E-state index contributed by atoms with van der Waals surface area (Å²) < 4.78 is 23.6. The maximum atomic E-state index is 13.2. The van der Waals surface area contributed by atoms with Crippen LogP contribution in [0.2, 0.25) is 0 Å². The second kappa shape index (κ2) is 10.2. The van der Waals surface area contributed by atoms with E-state index >= 15 is 0 Å². The van der Waals surface area contributed by atoms with Crippen molar-refractivity contribution in [1.29, 1.82) is 0 Å². The van der Waals surface area contributed by atoms with Crippen LogP contribution < -0.4 is 19.5 Å². The molecule has 2 aromatic heterocycles. The number of hydrogen-bond donors (Lipinski definition) is 1. The monoisotopic (exact) mass is 468 g/mol. The Balaban J connectivity index is 1.47. The van der Waals surface area contributed by atoms with E-state index in [1.54, 1.807) is 39.5 Å². The molecule has 0 saturated carbocycles. The molecule has 0 bridgehead atoms. The van der Waals surface area contributed by atoms with Crippen molar-refractivity contribution >= 4 is 5.91 Å². The molecule has 1 unspecified atom stereocenters. The fraction of sp³-hybridized carbons (Fsp3) is 0.440. The molecule has 1 aromatic carbocycles. The van der Waals surface area contributed by atoms with E-state index in [1.165, 1.54) is 0 Å². The van der Waals surface area contributed by atoms with Crippen LogP contribution in [0.15, 0.2) is 34.9 Å². The number of nitrogens with zero attached hydrogens (tertiary/aromatic N) is 3. The van der Waals surface area contributed by atoms with Crippen LogP contribution in [0.25, 0.3) is 0 Å². The maximum Gasteiger partial charge on any atom is 0.274 e. The summed E-state index contributed by atoms with van der Waals surface area (Å²) in [4.78, 5) is 14.8. The Hall–Kier alpha value is -3.46. The van der Waals surface area contributed by atoms with Crippen molar-refractivity contribution in [2.45, 2.75) is 38.4 Å². The van der Waals surface area contributed by atoms with Crippen molar-refractivity contribution in [3.63, 3.8) is 0 Å². The van der Waals surface area contributed by atoms with Crippen LogP contribution in [0, 0.1) is 0 Å². The van der Waals surface area contributed by atoms with Crippen molar-refractivity contribution in [2.24, 2.45) is 7.05 Å². The Morgan fingerprint density at radius 3 is 2.59 bits per heavy atom. The topological polar surface area (TPSA) is 91.0 Å². The number of furan rings is 1. The fourth-order valence-electron chi connectivity index (χ4n) is 4.52. The standard InChI is InChI=1S/C25H32N4O5/c1-28(15-18-7-6-10-34-18)25(30)23-19-13-17(8-9-20(19)29(2)27-23)26-14-16-11-21(31-3)24(33-5)22(12-16)32-4/h6-7,10-12,17,26H,8-9,13-15H2,1-5H3. The van der Waals surface area contributed by atoms with Gasteiger partial charge in [0.1, 0.15) is 5.76 Å². The van der Waals surface area contributed by atoms with Crippen LogP contribution in [0.5, 0.6) is 17.2 Å². The molecule has 9 nitrogen and oxygen atoms in total. The lowest BCUT2D eigenvalue weighted by atomic mass is 9.91. The predicted molar refractivity (Wildman–Crippen MR) is 126 cm³/mol. The third-order valence-electron chi connectivity index (χ3n) is 6.30. The summed E-state index contributed by atoms with van der Waals surface area (Å²) in [5.74, 6) is 2.48. The quantitative estimate of drug-likeness (QED) is 0.516. The Bertz CT molecular complexity index is 1110. The molecule has 1 atom stereocenters. The molecule has 0 fully saturated rings. The molecule has 3 aromatic rings. The summed E-state index contributed by atoms with van der Waals surface area (Å²) in [7, 11) is 8.50. The molecule has 9 heteroatoms. The molecular weight excluding hydrogens is 436 g/mol. The average molecular weight is 469 g/mol. The van der Waals surface area contributed by atoms with Crippen molar-refractivity contribution in [3.05, 3.63) is 58.8 Å². The molecule has 1 amide bonds. The first-order valence-electron chi connectivity index (χ1n) is 11.3. The zero-order valence-corrected chi connectivity index (χ0v) is 20.4. The van der Waals surface area contributed by atoms with E-state index in [1.807, 2.05) is 36.0 Å². The molecule has 0 radical (unpaired) electrons. The van der Waals surface area contributed by atoms with Gasteiger partial charge in [-0.2, -0.15) is 5.10 Å². The van der Waals surface area contributed by atoms with E-state index in [-0.39, 0.29) is 11.9 Å². The van der Waals surface area contributed by atoms with E-state index in [0.29, 0.717) is 36.0 Å². The molecule has 0 saturated heterocycles. The third kappa shape index (κ3) is 4.75. The van der Waals surface area contributed by atoms with Gasteiger partial charge in [0.15, 0.2) is 17.2 Å². The molecular formula is C25H32N4O5. The maximum absolute atomic E-state index is 13.2. The molecule has 0 aliphatic heterocycles. The summed E-state index contributed by atoms with van der Waals surface area (Å²) in [5, 5.41) is 8.21. The van der Waals surface area contributed by atoms with Crippen LogP contribution in [0.4, 0.5) is 0 Å². The lowest BCUT2D eigenvalue weighted by Gasteiger charge is -2.25. The first-order chi connectivity index (χ1) is 16.4. The number of carbonyl (C=O) groups is 1. The lowest BCUT2D eigenvalue weighted by Crippen LogP contribution is -2.35. The van der Waals surface area contributed by atoms with Gasteiger partial charge in [0.2, 0.25) is 5.75 Å². The summed E-state index contributed by atoms with van der Waals surface area (Å²) in [6.45, 7) is 1.04. The normalized spacial score (nSPS) is 15.0. The van der Waals surface area contributed by atoms with Gasteiger partial charge in [-0.3, -0.25) is 9.48 Å². The number of rotatable bonds is 9. The summed E-state index contributed by atoms with van der Waals surface area (Å²) in [6.07, 6.45) is 4.18. The van der Waals surface area contributed by atoms with Gasteiger partial charge in [0.25, 0.3) is 5.91 Å². The molecule has 1 aliphatic carbocycles. The average Bonchev–Trinajstić information content (AvgIpc) is 3.48. The number of aromatic nitrogens is 2. The van der Waals surface area contributed by atoms with Crippen LogP contribution in [-0.4, -0.2) is 55.0 Å². The SMILES string of the molecule is COc1cc(CNC2CCc3c(c(C(=O)N(C)Cc4ccco4)nn3C)C2)cc(OC)c1OC. The molecule has 1 aliphatic rings. The molecule has 0 spiro atoms. The number of hydrogen-bond acceptors (Lipinski definition) is 7. The highest BCUT2D eigenvalue weighted by Crippen LogP contribution is 2.38. The highest BCUT2D eigenvalue weighted by molar-refractivity contribution is 5.94. The van der Waals surface area contributed by atoms with E-state index < -0.39 is 0 Å². The number of amides is 1. The van der Waals surface area contributed by atoms with Gasteiger partial charge < -0.3 is 28.8 Å². The smallest absolute Gasteiger partial charge is 0.274 e. The second-order valence-electron chi connectivity index (χ2n) is 8.49. The predicted octanol–water partition coefficient (Wildman–Crippen LogP) is 2.96. The van der Waals surface area contributed by atoms with Gasteiger partial charge in [-0.05, 0) is 49.1 Å². The zero-order valence-electron chi connectivity index (χ0n) is 20.4. The van der Waals surface area contributed by atoms with Crippen LogP contribution >= 0.6 is 0 Å². The van der Waals surface area contributed by atoms with E-state index in [4.69, 9.17) is 18.6 Å². The second-order valence-corrected chi connectivity index (χ2v) is 8.49. The number of carbonyl (C=O) groups excluding carboxylic acids is 1. The molecule has 1 N–H and O–H groups in total. The highest BCUT2D eigenvalue weighted by Gasteiger charge is 2.29. The van der Waals surface area contributed by atoms with Gasteiger partial charge >= 0.3 is 0 Å². The number of methoxy groups -OCH3 is 3. The Kier molecular flexibility index (Phi) is 7.12. The summed E-state index contributed by atoms with van der Waals surface area (Å²) in [5.41, 5.74) is 3.69. The number of benzene rings is 1. The minimum absolute atomic E-state index is 0.0986. The Morgan fingerprint density at radius 2 is 1.97 bits per heavy atom. The summed E-state index contributed by atoms with van der Waals surface area (Å²) in [6, 6.07) is 7.80. The van der Waals surface area contributed by atoms with E-state index in [9.17, 15) is 4.79 Å². The van der Waals surface area contributed by atoms with Gasteiger partial charge in [-0.1, -0.05) is 0 Å². The Labute approximate surface area is 199 Å². The van der Waals surface area contributed by atoms with Gasteiger partial charge in [-0.25, -0.2) is 0 Å². The van der Waals surface area contributed by atoms with E-state index in [2.05, 4.69) is 10.4 Å². The summed E-state index contributed by atoms with van der Waals surface area (Å²) >= 11 is 0. The minimum Gasteiger partial charge on any atom is -0.493 e. The van der Waals surface area contributed by atoms with Crippen molar-refractivity contribution in [3.8, 4) is 17.2 Å². The Morgan fingerprint density at radius 1 is 1.24 bits per heavy atom. The highest BCUT2D eigenvalue weighted by atomic mass is 16.5. The van der Waals surface area contributed by atoms with Crippen LogP contribution in [0.1, 0.15) is 39.5 Å². The van der Waals surface area contributed by atoms with Crippen LogP contribution in [0.3, 0.4) is 0 Å². The van der Waals surface area contributed by atoms with Crippen molar-refractivity contribution in [1.82, 2.24) is 20.0 Å². The van der Waals surface area contributed by atoms with Crippen LogP contribution in [-0.2, 0) is 33.0 Å².